The van der Waals surface area contributed by atoms with Gasteiger partial charge in [-0.15, -0.1) is 0 Å². The summed E-state index contributed by atoms with van der Waals surface area (Å²) in [5, 5.41) is 1.09. The molecule has 214 valence electrons. The Bertz CT molecular complexity index is 455. The van der Waals surface area contributed by atoms with E-state index >= 15 is 0 Å². The van der Waals surface area contributed by atoms with E-state index in [2.05, 4.69) is 13.8 Å². The summed E-state index contributed by atoms with van der Waals surface area (Å²) in [6.45, 7) is 8.21. The molecule has 0 saturated heterocycles. The normalized spacial score (nSPS) is 11.4. The SMILES string of the molecule is CCCCCCCCCCCCCC(=O)ON(OC(=O)CCCCCCCCCCCCC)C(C)C. The van der Waals surface area contributed by atoms with Crippen LogP contribution in [0.4, 0.5) is 0 Å². The lowest BCUT2D eigenvalue weighted by Crippen LogP contribution is -2.35. The highest BCUT2D eigenvalue weighted by atomic mass is 17.0. The first kappa shape index (κ1) is 34.9. The van der Waals surface area contributed by atoms with E-state index < -0.39 is 0 Å². The lowest BCUT2D eigenvalue weighted by molar-refractivity contribution is -0.339. The third kappa shape index (κ3) is 24.6. The van der Waals surface area contributed by atoms with Crippen molar-refractivity contribution in [3.8, 4) is 0 Å². The van der Waals surface area contributed by atoms with Gasteiger partial charge in [0.05, 0.1) is 6.04 Å². The molecule has 5 nitrogen and oxygen atoms in total. The number of hydrogen-bond acceptors (Lipinski definition) is 5. The Hall–Kier alpha value is -1.10. The quantitative estimate of drug-likeness (QED) is 0.0811. The molecule has 5 heteroatoms. The van der Waals surface area contributed by atoms with Crippen molar-refractivity contribution in [2.24, 2.45) is 0 Å². The smallest absolute Gasteiger partial charge is 0.329 e. The van der Waals surface area contributed by atoms with E-state index in [0.717, 1.165) is 30.9 Å². The van der Waals surface area contributed by atoms with Gasteiger partial charge in [0.2, 0.25) is 0 Å². The summed E-state index contributed by atoms with van der Waals surface area (Å²) in [7, 11) is 0. The van der Waals surface area contributed by atoms with Gasteiger partial charge in [-0.3, -0.25) is 9.59 Å². The molecule has 36 heavy (non-hydrogen) atoms. The first-order valence-corrected chi connectivity index (χ1v) is 15.7. The molecule has 0 radical (unpaired) electrons. The van der Waals surface area contributed by atoms with E-state index in [1.165, 1.54) is 116 Å². The zero-order valence-corrected chi connectivity index (χ0v) is 24.6. The number of unbranched alkanes of at least 4 members (excludes halogenated alkanes) is 20. The lowest BCUT2D eigenvalue weighted by Gasteiger charge is -2.22. The Balaban J connectivity index is 3.73. The highest BCUT2D eigenvalue weighted by Gasteiger charge is 2.20. The summed E-state index contributed by atoms with van der Waals surface area (Å²) in [4.78, 5) is 35.1. The summed E-state index contributed by atoms with van der Waals surface area (Å²) < 4.78 is 0. The van der Waals surface area contributed by atoms with E-state index in [0.29, 0.717) is 12.8 Å². The number of rotatable bonds is 27. The highest BCUT2D eigenvalue weighted by molar-refractivity contribution is 5.70. The number of carbonyl (C=O) groups excluding carboxylic acids is 2. The van der Waals surface area contributed by atoms with Crippen molar-refractivity contribution >= 4 is 11.9 Å². The molecule has 0 saturated carbocycles. The van der Waals surface area contributed by atoms with Crippen molar-refractivity contribution < 1.29 is 19.3 Å². The Morgan fingerprint density at radius 2 is 0.722 bits per heavy atom. The van der Waals surface area contributed by atoms with Crippen molar-refractivity contribution in [2.75, 3.05) is 0 Å². The second-order valence-corrected chi connectivity index (χ2v) is 10.9. The standard InChI is InChI=1S/C31H61NO4/c1-5-7-9-11-13-15-17-19-21-23-25-27-30(33)35-32(29(3)4)36-31(34)28-26-24-22-20-18-16-14-12-10-8-6-2/h29H,5-28H2,1-4H3. The number of nitrogens with zero attached hydrogens (tertiary/aromatic N) is 1. The number of carbonyl (C=O) groups is 2. The van der Waals surface area contributed by atoms with Crippen LogP contribution < -0.4 is 0 Å². The molecule has 0 unspecified atom stereocenters. The van der Waals surface area contributed by atoms with Gasteiger partial charge in [0.15, 0.2) is 0 Å². The molecule has 0 bridgehead atoms. The van der Waals surface area contributed by atoms with Crippen LogP contribution in [0.25, 0.3) is 0 Å². The molecule has 0 fully saturated rings. The highest BCUT2D eigenvalue weighted by Crippen LogP contribution is 2.14. The van der Waals surface area contributed by atoms with Gasteiger partial charge in [0.1, 0.15) is 0 Å². The van der Waals surface area contributed by atoms with Gasteiger partial charge < -0.3 is 9.68 Å². The van der Waals surface area contributed by atoms with Crippen molar-refractivity contribution in [3.05, 3.63) is 0 Å². The molecule has 0 N–H and O–H groups in total. The summed E-state index contributed by atoms with van der Waals surface area (Å²) in [5.41, 5.74) is 0. The Labute approximate surface area is 224 Å². The lowest BCUT2D eigenvalue weighted by atomic mass is 10.1. The number of hydrogen-bond donors (Lipinski definition) is 0. The van der Waals surface area contributed by atoms with Crippen LogP contribution in [0.1, 0.15) is 182 Å². The molecule has 0 rings (SSSR count). The average molecular weight is 512 g/mol. The fraction of sp³-hybridized carbons (Fsp3) is 0.935. The molecule has 0 amide bonds. The molecule has 0 atom stereocenters. The largest absolute Gasteiger partial charge is 0.333 e. The molecule has 0 aliphatic carbocycles. The Kier molecular flexibility index (Phi) is 26.1. The second kappa shape index (κ2) is 26.9. The van der Waals surface area contributed by atoms with Crippen LogP contribution in [0.3, 0.4) is 0 Å². The average Bonchev–Trinajstić information content (AvgIpc) is 2.85. The maximum absolute atomic E-state index is 12.2. The van der Waals surface area contributed by atoms with Gasteiger partial charge in [0.25, 0.3) is 0 Å². The van der Waals surface area contributed by atoms with Crippen LogP contribution in [0.5, 0.6) is 0 Å². The van der Waals surface area contributed by atoms with Gasteiger partial charge >= 0.3 is 11.9 Å². The molecule has 0 aliphatic heterocycles. The summed E-state index contributed by atoms with van der Waals surface area (Å²) in [5.74, 6) is -0.635. The topological polar surface area (TPSA) is 55.8 Å². The van der Waals surface area contributed by atoms with Crippen LogP contribution in [0.2, 0.25) is 0 Å². The van der Waals surface area contributed by atoms with E-state index in [1.807, 2.05) is 13.8 Å². The molecular formula is C31H61NO4. The zero-order valence-electron chi connectivity index (χ0n) is 24.6. The molecule has 0 spiro atoms. The molecule has 0 aromatic heterocycles. The minimum atomic E-state index is -0.317. The molecule has 0 aromatic rings. The summed E-state index contributed by atoms with van der Waals surface area (Å²) in [6, 6.07) is -0.201. The van der Waals surface area contributed by atoms with Crippen LogP contribution >= 0.6 is 0 Å². The van der Waals surface area contributed by atoms with Crippen molar-refractivity contribution in [1.29, 1.82) is 0 Å². The molecular weight excluding hydrogens is 450 g/mol. The van der Waals surface area contributed by atoms with Crippen molar-refractivity contribution in [2.45, 2.75) is 188 Å². The minimum absolute atomic E-state index is 0.201. The molecule has 0 heterocycles. The summed E-state index contributed by atoms with van der Waals surface area (Å²) >= 11 is 0. The van der Waals surface area contributed by atoms with Gasteiger partial charge in [-0.25, -0.2) is 0 Å². The molecule has 0 aromatic carbocycles. The first-order valence-electron chi connectivity index (χ1n) is 15.7. The monoisotopic (exact) mass is 511 g/mol. The van der Waals surface area contributed by atoms with Crippen LogP contribution in [-0.4, -0.2) is 23.2 Å². The predicted octanol–water partition coefficient (Wildman–Crippen LogP) is 10.0. The van der Waals surface area contributed by atoms with Gasteiger partial charge in [-0.05, 0) is 26.7 Å². The Morgan fingerprint density at radius 1 is 0.472 bits per heavy atom. The zero-order chi connectivity index (χ0) is 26.7. The van der Waals surface area contributed by atoms with Gasteiger partial charge in [0, 0.05) is 18.1 Å². The van der Waals surface area contributed by atoms with E-state index in [4.69, 9.17) is 9.68 Å². The second-order valence-electron chi connectivity index (χ2n) is 10.9. The van der Waals surface area contributed by atoms with Crippen LogP contribution in [0, 0.1) is 0 Å². The fourth-order valence-electron chi connectivity index (χ4n) is 4.39. The summed E-state index contributed by atoms with van der Waals surface area (Å²) in [6.07, 6.45) is 28.1. The van der Waals surface area contributed by atoms with Gasteiger partial charge in [-0.1, -0.05) is 142 Å². The minimum Gasteiger partial charge on any atom is -0.333 e. The maximum Gasteiger partial charge on any atom is 0.329 e. The molecule has 0 aliphatic rings. The fourth-order valence-corrected chi connectivity index (χ4v) is 4.39. The third-order valence-electron chi connectivity index (χ3n) is 6.77. The van der Waals surface area contributed by atoms with Crippen LogP contribution in [-0.2, 0) is 19.3 Å². The van der Waals surface area contributed by atoms with Crippen molar-refractivity contribution in [1.82, 2.24) is 5.23 Å². The third-order valence-corrected chi connectivity index (χ3v) is 6.77. The van der Waals surface area contributed by atoms with Crippen molar-refractivity contribution in [3.63, 3.8) is 0 Å². The van der Waals surface area contributed by atoms with Crippen LogP contribution in [0.15, 0.2) is 0 Å². The predicted molar refractivity (Wildman–Crippen MR) is 151 cm³/mol. The number of hydroxylamine groups is 2. The van der Waals surface area contributed by atoms with E-state index in [9.17, 15) is 9.59 Å². The van der Waals surface area contributed by atoms with E-state index in [1.54, 1.807) is 0 Å². The van der Waals surface area contributed by atoms with E-state index in [-0.39, 0.29) is 18.0 Å². The Morgan fingerprint density at radius 3 is 0.972 bits per heavy atom. The van der Waals surface area contributed by atoms with Gasteiger partial charge in [-0.2, -0.15) is 0 Å². The maximum atomic E-state index is 12.2. The first-order chi connectivity index (χ1) is 17.5.